The number of nitrogens with one attached hydrogen (secondary N) is 5. The van der Waals surface area contributed by atoms with Crippen LogP contribution in [-0.2, 0) is 22.4 Å². The molecule has 232 valence electrons. The third-order valence-electron chi connectivity index (χ3n) is 9.02. The molecule has 8 heteroatoms. The number of hydrogen-bond donors (Lipinski definition) is 5. The molecule has 1 fully saturated rings. The van der Waals surface area contributed by atoms with Crippen molar-refractivity contribution in [2.45, 2.75) is 37.8 Å². The molecule has 8 nitrogen and oxygen atoms in total. The van der Waals surface area contributed by atoms with E-state index in [0.29, 0.717) is 18.7 Å². The predicted octanol–water partition coefficient (Wildman–Crippen LogP) is 5.84. The Bertz CT molecular complexity index is 1960. The van der Waals surface area contributed by atoms with Gasteiger partial charge in [-0.15, -0.1) is 0 Å². The van der Waals surface area contributed by atoms with Crippen LogP contribution in [-0.4, -0.2) is 45.9 Å². The minimum absolute atomic E-state index is 0.0723. The van der Waals surface area contributed by atoms with Gasteiger partial charge in [0.1, 0.15) is 11.9 Å². The fraction of sp³-hybridized carbons (Fsp3) is 0.237. The maximum atomic E-state index is 14.3. The van der Waals surface area contributed by atoms with E-state index in [-0.39, 0.29) is 17.7 Å². The van der Waals surface area contributed by atoms with E-state index in [4.69, 9.17) is 4.98 Å². The first kappa shape index (κ1) is 29.5. The van der Waals surface area contributed by atoms with E-state index in [9.17, 15) is 9.59 Å². The van der Waals surface area contributed by atoms with Crippen molar-refractivity contribution in [2.24, 2.45) is 5.92 Å². The van der Waals surface area contributed by atoms with Crippen molar-refractivity contribution in [3.05, 3.63) is 126 Å². The molecular formula is C38H38N6O2. The predicted molar refractivity (Wildman–Crippen MR) is 182 cm³/mol. The van der Waals surface area contributed by atoms with Gasteiger partial charge in [-0.3, -0.25) is 9.59 Å². The molecule has 4 aromatic carbocycles. The number of carbonyl (C=O) groups excluding carboxylic acids is 2. The Kier molecular flexibility index (Phi) is 8.61. The lowest BCUT2D eigenvalue weighted by molar-refractivity contribution is -0.132. The Morgan fingerprint density at radius 2 is 1.59 bits per heavy atom. The van der Waals surface area contributed by atoms with Crippen molar-refractivity contribution >= 4 is 33.5 Å². The van der Waals surface area contributed by atoms with E-state index in [1.165, 1.54) is 0 Å². The summed E-state index contributed by atoms with van der Waals surface area (Å²) in [6, 6.07) is 31.5. The lowest BCUT2D eigenvalue weighted by Crippen LogP contribution is -2.51. The second-order valence-electron chi connectivity index (χ2n) is 12.1. The molecule has 1 aliphatic heterocycles. The highest BCUT2D eigenvalue weighted by molar-refractivity contribution is 5.90. The number of aromatic nitrogens is 3. The molecule has 0 radical (unpaired) electrons. The van der Waals surface area contributed by atoms with Crippen LogP contribution in [0, 0.1) is 5.92 Å². The first-order valence-electron chi connectivity index (χ1n) is 16.1. The van der Waals surface area contributed by atoms with Crippen LogP contribution < -0.4 is 16.0 Å². The molecule has 46 heavy (non-hydrogen) atoms. The largest absolute Gasteiger partial charge is 0.361 e. The van der Waals surface area contributed by atoms with Crippen molar-refractivity contribution in [3.8, 4) is 11.3 Å². The first-order chi connectivity index (χ1) is 22.6. The summed E-state index contributed by atoms with van der Waals surface area (Å²) in [5.74, 6) is 0.232. The van der Waals surface area contributed by atoms with Gasteiger partial charge in [-0.1, -0.05) is 91.0 Å². The number of rotatable bonds is 10. The summed E-state index contributed by atoms with van der Waals surface area (Å²) in [6.07, 6.45) is 6.15. The van der Waals surface area contributed by atoms with Crippen molar-refractivity contribution in [3.63, 3.8) is 0 Å². The van der Waals surface area contributed by atoms with E-state index in [1.807, 2.05) is 79.1 Å². The van der Waals surface area contributed by atoms with Gasteiger partial charge < -0.3 is 25.9 Å². The number of hydrogen-bond acceptors (Lipinski definition) is 4. The number of fused-ring (bicyclic) bond motifs is 2. The van der Waals surface area contributed by atoms with Gasteiger partial charge in [0.2, 0.25) is 11.8 Å². The highest BCUT2D eigenvalue weighted by Gasteiger charge is 2.30. The highest BCUT2D eigenvalue weighted by Crippen LogP contribution is 2.25. The van der Waals surface area contributed by atoms with E-state index in [0.717, 1.165) is 70.0 Å². The lowest BCUT2D eigenvalue weighted by atomic mass is 9.96. The lowest BCUT2D eigenvalue weighted by Gasteiger charge is -2.26. The molecule has 2 amide bonds. The van der Waals surface area contributed by atoms with E-state index >= 15 is 0 Å². The zero-order chi connectivity index (χ0) is 31.3. The summed E-state index contributed by atoms with van der Waals surface area (Å²) in [7, 11) is 0. The van der Waals surface area contributed by atoms with Gasteiger partial charge >= 0.3 is 0 Å². The Labute approximate surface area is 268 Å². The average molecular weight is 611 g/mol. The topological polar surface area (TPSA) is 115 Å². The van der Waals surface area contributed by atoms with E-state index in [1.54, 1.807) is 0 Å². The maximum absolute atomic E-state index is 14.3. The number of H-pyrrole nitrogens is 2. The first-order valence-corrected chi connectivity index (χ1v) is 16.1. The molecule has 1 saturated heterocycles. The molecule has 3 heterocycles. The molecule has 5 N–H and O–H groups in total. The number of imidazole rings is 1. The number of benzene rings is 4. The number of nitrogens with zero attached hydrogens (tertiary/aromatic N) is 1. The molecule has 0 aliphatic carbocycles. The second-order valence-corrected chi connectivity index (χ2v) is 12.1. The van der Waals surface area contributed by atoms with Crippen molar-refractivity contribution < 1.29 is 9.59 Å². The third kappa shape index (κ3) is 6.57. The van der Waals surface area contributed by atoms with Gasteiger partial charge in [0.05, 0.1) is 17.9 Å². The Balaban J connectivity index is 1.19. The maximum Gasteiger partial charge on any atom is 0.243 e. The summed E-state index contributed by atoms with van der Waals surface area (Å²) >= 11 is 0. The minimum atomic E-state index is -0.760. The molecule has 7 rings (SSSR count). The zero-order valence-electron chi connectivity index (χ0n) is 25.6. The van der Waals surface area contributed by atoms with Gasteiger partial charge in [0.15, 0.2) is 0 Å². The normalized spacial score (nSPS) is 15.0. The molecule has 2 unspecified atom stereocenters. The summed E-state index contributed by atoms with van der Waals surface area (Å²) in [5.41, 5.74) is 4.95. The molecule has 6 aromatic rings. The summed E-state index contributed by atoms with van der Waals surface area (Å²) < 4.78 is 0. The number of carbonyl (C=O) groups is 2. The van der Waals surface area contributed by atoms with Gasteiger partial charge in [-0.05, 0) is 65.9 Å². The van der Waals surface area contributed by atoms with Crippen LogP contribution in [0.1, 0.15) is 35.8 Å². The molecule has 1 aliphatic rings. The Hall–Kier alpha value is -5.21. The van der Waals surface area contributed by atoms with Crippen LogP contribution in [0.15, 0.2) is 109 Å². The molecular weight excluding hydrogens is 572 g/mol. The van der Waals surface area contributed by atoms with Crippen LogP contribution in [0.25, 0.3) is 32.9 Å². The number of piperidine rings is 1. The second kappa shape index (κ2) is 13.4. The van der Waals surface area contributed by atoms with Gasteiger partial charge in [0, 0.05) is 29.4 Å². The fourth-order valence-electron chi connectivity index (χ4n) is 6.47. The highest BCUT2D eigenvalue weighted by atomic mass is 16.2. The zero-order valence-corrected chi connectivity index (χ0v) is 25.6. The Morgan fingerprint density at radius 1 is 0.826 bits per heavy atom. The van der Waals surface area contributed by atoms with Crippen molar-refractivity contribution in [2.75, 3.05) is 13.1 Å². The smallest absolute Gasteiger partial charge is 0.243 e. The molecule has 0 bridgehead atoms. The summed E-state index contributed by atoms with van der Waals surface area (Å²) in [4.78, 5) is 39.3. The standard InChI is InChI=1S/C38H38N6O2/c45-37(28-16-18-39-19-17-28)44-34(22-30-23-40-32-13-7-6-12-31(30)32)38(46)43-33(21-25-14-15-26-8-4-5-11-29(26)20-25)36-41-24-35(42-36)27-9-2-1-3-10-27/h1-15,20,23-24,28,33-34,39-40H,16-19,21-22H2,(H,41,42)(H,43,46)(H,44,45). The van der Waals surface area contributed by atoms with Gasteiger partial charge in [-0.25, -0.2) is 4.98 Å². The van der Waals surface area contributed by atoms with Crippen molar-refractivity contribution in [1.29, 1.82) is 0 Å². The van der Waals surface area contributed by atoms with Crippen LogP contribution >= 0.6 is 0 Å². The average Bonchev–Trinajstić information content (AvgIpc) is 3.76. The summed E-state index contributed by atoms with van der Waals surface area (Å²) in [6.45, 7) is 1.60. The Morgan fingerprint density at radius 3 is 2.43 bits per heavy atom. The number of amides is 2. The molecule has 2 aromatic heterocycles. The SMILES string of the molecule is O=C(NC(Cc1c[nH]c2ccccc12)C(=O)NC(Cc1ccc2ccccc2c1)c1ncc(-c2ccccc2)[nH]1)C1CCNCC1. The molecule has 2 atom stereocenters. The van der Waals surface area contributed by atoms with Crippen LogP contribution in [0.2, 0.25) is 0 Å². The van der Waals surface area contributed by atoms with E-state index in [2.05, 4.69) is 56.3 Å². The van der Waals surface area contributed by atoms with Crippen LogP contribution in [0.5, 0.6) is 0 Å². The minimum Gasteiger partial charge on any atom is -0.361 e. The molecule has 0 saturated carbocycles. The van der Waals surface area contributed by atoms with Crippen LogP contribution in [0.4, 0.5) is 0 Å². The third-order valence-corrected chi connectivity index (χ3v) is 9.02. The number of aromatic amines is 2. The molecule has 0 spiro atoms. The van der Waals surface area contributed by atoms with Gasteiger partial charge in [-0.2, -0.15) is 0 Å². The number of para-hydroxylation sites is 1. The monoisotopic (exact) mass is 610 g/mol. The summed E-state index contributed by atoms with van der Waals surface area (Å²) in [5, 5.41) is 13.1. The van der Waals surface area contributed by atoms with Gasteiger partial charge in [0.25, 0.3) is 0 Å². The quantitative estimate of drug-likeness (QED) is 0.134. The van der Waals surface area contributed by atoms with E-state index < -0.39 is 12.1 Å². The van der Waals surface area contributed by atoms with Crippen LogP contribution in [0.3, 0.4) is 0 Å². The van der Waals surface area contributed by atoms with Crippen molar-refractivity contribution in [1.82, 2.24) is 30.9 Å². The fourth-order valence-corrected chi connectivity index (χ4v) is 6.47.